The Labute approximate surface area is 141 Å². The third-order valence-electron chi connectivity index (χ3n) is 2.64. The smallest absolute Gasteiger partial charge is 0.212 e. The van der Waals surface area contributed by atoms with Gasteiger partial charge in [-0.2, -0.15) is 0 Å². The van der Waals surface area contributed by atoms with E-state index in [0.717, 1.165) is 14.2 Å². The SMILES string of the molecule is Nc1ccc(SCCS(=O)(=O)NCc2sccc2Br)cc1. The van der Waals surface area contributed by atoms with Crippen LogP contribution in [0.2, 0.25) is 0 Å². The Hall–Kier alpha value is -0.540. The van der Waals surface area contributed by atoms with Crippen LogP contribution in [0.15, 0.2) is 45.1 Å². The number of thioether (sulfide) groups is 1. The summed E-state index contributed by atoms with van der Waals surface area (Å²) in [5.74, 6) is 0.593. The first-order valence-electron chi connectivity index (χ1n) is 6.14. The maximum Gasteiger partial charge on any atom is 0.212 e. The Morgan fingerprint density at radius 1 is 1.24 bits per heavy atom. The molecule has 0 aliphatic rings. The summed E-state index contributed by atoms with van der Waals surface area (Å²) in [7, 11) is -3.26. The molecule has 0 fully saturated rings. The van der Waals surface area contributed by atoms with Crippen LogP contribution in [0.1, 0.15) is 4.88 Å². The van der Waals surface area contributed by atoms with Gasteiger partial charge in [0.1, 0.15) is 0 Å². The number of nitrogens with one attached hydrogen (secondary N) is 1. The summed E-state index contributed by atoms with van der Waals surface area (Å²) in [6.45, 7) is 0.327. The quantitative estimate of drug-likeness (QED) is 0.546. The number of nitrogen functional groups attached to an aromatic ring is 1. The maximum atomic E-state index is 11.9. The Bertz CT molecular complexity index is 684. The minimum absolute atomic E-state index is 0.0883. The van der Waals surface area contributed by atoms with E-state index in [1.165, 1.54) is 23.1 Å². The van der Waals surface area contributed by atoms with Crippen molar-refractivity contribution in [3.63, 3.8) is 0 Å². The summed E-state index contributed by atoms with van der Waals surface area (Å²) in [5.41, 5.74) is 6.31. The van der Waals surface area contributed by atoms with Gasteiger partial charge in [-0.3, -0.25) is 0 Å². The van der Waals surface area contributed by atoms with Crippen LogP contribution in [0.4, 0.5) is 5.69 Å². The van der Waals surface area contributed by atoms with Gasteiger partial charge < -0.3 is 5.73 Å². The van der Waals surface area contributed by atoms with Gasteiger partial charge in [-0.1, -0.05) is 0 Å². The second-order valence-corrected chi connectivity index (χ2v) is 9.20. The van der Waals surface area contributed by atoms with Crippen LogP contribution >= 0.6 is 39.0 Å². The van der Waals surface area contributed by atoms with E-state index in [-0.39, 0.29) is 5.75 Å². The highest BCUT2D eigenvalue weighted by molar-refractivity contribution is 9.10. The van der Waals surface area contributed by atoms with Crippen molar-refractivity contribution in [2.75, 3.05) is 17.2 Å². The summed E-state index contributed by atoms with van der Waals surface area (Å²) in [6, 6.07) is 9.31. The summed E-state index contributed by atoms with van der Waals surface area (Å²) in [4.78, 5) is 1.99. The molecule has 0 amide bonds. The number of hydrogen-bond donors (Lipinski definition) is 2. The zero-order valence-electron chi connectivity index (χ0n) is 11.1. The van der Waals surface area contributed by atoms with Crippen molar-refractivity contribution in [1.29, 1.82) is 0 Å². The Morgan fingerprint density at radius 2 is 1.95 bits per heavy atom. The zero-order valence-corrected chi connectivity index (χ0v) is 15.1. The van der Waals surface area contributed by atoms with Crippen molar-refractivity contribution < 1.29 is 8.42 Å². The number of halogens is 1. The van der Waals surface area contributed by atoms with Gasteiger partial charge in [-0.05, 0) is 51.6 Å². The molecule has 0 atom stereocenters. The van der Waals surface area contributed by atoms with E-state index in [4.69, 9.17) is 5.73 Å². The largest absolute Gasteiger partial charge is 0.399 e. The highest BCUT2D eigenvalue weighted by atomic mass is 79.9. The lowest BCUT2D eigenvalue weighted by Crippen LogP contribution is -2.26. The fraction of sp³-hybridized carbons (Fsp3) is 0.231. The lowest BCUT2D eigenvalue weighted by atomic mass is 10.3. The first kappa shape index (κ1) is 16.8. The van der Waals surface area contributed by atoms with E-state index in [0.29, 0.717) is 18.0 Å². The molecule has 114 valence electrons. The number of hydrogen-bond acceptors (Lipinski definition) is 5. The average molecular weight is 407 g/mol. The molecule has 0 saturated heterocycles. The third kappa shape index (κ3) is 5.63. The summed E-state index contributed by atoms with van der Waals surface area (Å²) in [6.07, 6.45) is 0. The second kappa shape index (κ2) is 7.64. The van der Waals surface area contributed by atoms with Crippen molar-refractivity contribution >= 4 is 54.7 Å². The van der Waals surface area contributed by atoms with Crippen LogP contribution in [0.5, 0.6) is 0 Å². The molecule has 2 aromatic rings. The molecule has 4 nitrogen and oxygen atoms in total. The molecule has 1 aromatic heterocycles. The zero-order chi connectivity index (χ0) is 15.3. The Balaban J connectivity index is 1.78. The Morgan fingerprint density at radius 3 is 2.57 bits per heavy atom. The van der Waals surface area contributed by atoms with E-state index in [1.54, 1.807) is 0 Å². The van der Waals surface area contributed by atoms with Crippen LogP contribution < -0.4 is 10.5 Å². The molecule has 0 aliphatic heterocycles. The van der Waals surface area contributed by atoms with E-state index in [9.17, 15) is 8.42 Å². The second-order valence-electron chi connectivity index (χ2n) is 4.25. The van der Waals surface area contributed by atoms with Gasteiger partial charge in [-0.15, -0.1) is 23.1 Å². The number of nitrogens with two attached hydrogens (primary N) is 1. The maximum absolute atomic E-state index is 11.9. The minimum Gasteiger partial charge on any atom is -0.399 e. The Kier molecular flexibility index (Phi) is 6.12. The van der Waals surface area contributed by atoms with Gasteiger partial charge in [-0.25, -0.2) is 13.1 Å². The van der Waals surface area contributed by atoms with E-state index < -0.39 is 10.0 Å². The molecule has 1 aromatic carbocycles. The van der Waals surface area contributed by atoms with E-state index >= 15 is 0 Å². The van der Waals surface area contributed by atoms with Crippen LogP contribution in [0, 0.1) is 0 Å². The number of thiophene rings is 1. The predicted octanol–water partition coefficient (Wildman–Crippen LogP) is 3.30. The van der Waals surface area contributed by atoms with Gasteiger partial charge in [0.25, 0.3) is 0 Å². The molecule has 0 spiro atoms. The first-order chi connectivity index (χ1) is 9.96. The van der Waals surface area contributed by atoms with Crippen LogP contribution in [-0.2, 0) is 16.6 Å². The molecule has 0 unspecified atom stereocenters. The average Bonchev–Trinajstić information content (AvgIpc) is 2.84. The molecule has 3 N–H and O–H groups in total. The fourth-order valence-electron chi connectivity index (χ4n) is 1.53. The lowest BCUT2D eigenvalue weighted by molar-refractivity contribution is 0.583. The highest BCUT2D eigenvalue weighted by Crippen LogP contribution is 2.23. The van der Waals surface area contributed by atoms with E-state index in [2.05, 4.69) is 20.7 Å². The lowest BCUT2D eigenvalue weighted by Gasteiger charge is -2.06. The molecular formula is C13H15BrN2O2S3. The van der Waals surface area contributed by atoms with Crippen molar-refractivity contribution in [3.05, 3.63) is 45.1 Å². The van der Waals surface area contributed by atoms with Gasteiger partial charge in [0.15, 0.2) is 0 Å². The van der Waals surface area contributed by atoms with Gasteiger partial charge >= 0.3 is 0 Å². The fourth-order valence-corrected chi connectivity index (χ4v) is 5.34. The monoisotopic (exact) mass is 406 g/mol. The molecule has 0 radical (unpaired) electrons. The molecular weight excluding hydrogens is 392 g/mol. The summed E-state index contributed by atoms with van der Waals surface area (Å²) in [5, 5.41) is 1.92. The molecule has 1 heterocycles. The standard InChI is InChI=1S/C13H15BrN2O2S3/c14-12-5-6-20-13(12)9-16-21(17,18)8-7-19-11-3-1-10(15)2-4-11/h1-6,16H,7-9,15H2. The number of anilines is 1. The first-order valence-corrected chi connectivity index (χ1v) is 10.4. The van der Waals surface area contributed by atoms with Crippen LogP contribution in [0.3, 0.4) is 0 Å². The van der Waals surface area contributed by atoms with E-state index in [1.807, 2.05) is 35.7 Å². The predicted molar refractivity (Wildman–Crippen MR) is 94.2 cm³/mol. The van der Waals surface area contributed by atoms with Crippen LogP contribution in [0.25, 0.3) is 0 Å². The number of sulfonamides is 1. The summed E-state index contributed by atoms with van der Waals surface area (Å²) >= 11 is 6.41. The van der Waals surface area contributed by atoms with Gasteiger partial charge in [0.05, 0.1) is 5.75 Å². The molecule has 8 heteroatoms. The van der Waals surface area contributed by atoms with Crippen molar-refractivity contribution in [3.8, 4) is 0 Å². The van der Waals surface area contributed by atoms with Crippen molar-refractivity contribution in [2.45, 2.75) is 11.4 Å². The van der Waals surface area contributed by atoms with Gasteiger partial charge in [0.2, 0.25) is 10.0 Å². The highest BCUT2D eigenvalue weighted by Gasteiger charge is 2.11. The van der Waals surface area contributed by atoms with Crippen molar-refractivity contribution in [2.24, 2.45) is 0 Å². The normalized spacial score (nSPS) is 11.7. The molecule has 0 bridgehead atoms. The molecule has 0 saturated carbocycles. The molecule has 0 aliphatic carbocycles. The van der Waals surface area contributed by atoms with Crippen LogP contribution in [-0.4, -0.2) is 19.9 Å². The third-order valence-corrected chi connectivity index (χ3v) is 7.17. The van der Waals surface area contributed by atoms with Gasteiger partial charge in [0, 0.05) is 32.2 Å². The summed E-state index contributed by atoms with van der Waals surface area (Å²) < 4.78 is 27.4. The number of benzene rings is 1. The number of rotatable bonds is 7. The molecule has 21 heavy (non-hydrogen) atoms. The topological polar surface area (TPSA) is 72.2 Å². The van der Waals surface area contributed by atoms with Crippen molar-refractivity contribution in [1.82, 2.24) is 4.72 Å². The minimum atomic E-state index is -3.26. The molecule has 2 rings (SSSR count).